The first-order chi connectivity index (χ1) is 13.3. The minimum atomic E-state index is -4.43. The number of halogens is 3. The van der Waals surface area contributed by atoms with Crippen molar-refractivity contribution in [1.29, 1.82) is 0 Å². The molecule has 0 atom stereocenters. The molecule has 0 saturated carbocycles. The molecular weight excluding hydrogens is 371 g/mol. The van der Waals surface area contributed by atoms with Crippen LogP contribution in [0.25, 0.3) is 11.3 Å². The lowest BCUT2D eigenvalue weighted by Gasteiger charge is -2.09. The van der Waals surface area contributed by atoms with Crippen LogP contribution in [-0.4, -0.2) is 15.5 Å². The zero-order valence-electron chi connectivity index (χ0n) is 14.6. The average Bonchev–Trinajstić information content (AvgIpc) is 2.68. The fourth-order valence-electron chi connectivity index (χ4n) is 2.54. The zero-order valence-corrected chi connectivity index (χ0v) is 14.6. The van der Waals surface area contributed by atoms with Crippen LogP contribution >= 0.6 is 0 Å². The molecular formula is C20H16F3N3O2. The third kappa shape index (κ3) is 4.85. The third-order valence-electron chi connectivity index (χ3n) is 4.03. The van der Waals surface area contributed by atoms with Crippen LogP contribution in [0.4, 0.5) is 13.2 Å². The van der Waals surface area contributed by atoms with Crippen molar-refractivity contribution < 1.29 is 18.0 Å². The fourth-order valence-corrected chi connectivity index (χ4v) is 2.54. The van der Waals surface area contributed by atoms with Crippen molar-refractivity contribution in [3.05, 3.63) is 88.5 Å². The van der Waals surface area contributed by atoms with Crippen molar-refractivity contribution in [2.45, 2.75) is 19.3 Å². The molecule has 1 N–H and O–H groups in total. The predicted octanol–water partition coefficient (Wildman–Crippen LogP) is 3.25. The number of rotatable bonds is 5. The average molecular weight is 387 g/mol. The molecule has 1 amide bonds. The van der Waals surface area contributed by atoms with E-state index in [0.717, 1.165) is 22.3 Å². The monoisotopic (exact) mass is 387 g/mol. The van der Waals surface area contributed by atoms with Crippen LogP contribution in [0.5, 0.6) is 0 Å². The van der Waals surface area contributed by atoms with Gasteiger partial charge in [-0.2, -0.15) is 13.2 Å². The molecule has 144 valence electrons. The van der Waals surface area contributed by atoms with Crippen LogP contribution < -0.4 is 10.9 Å². The quantitative estimate of drug-likeness (QED) is 0.731. The largest absolute Gasteiger partial charge is 0.416 e. The van der Waals surface area contributed by atoms with Gasteiger partial charge in [-0.3, -0.25) is 14.2 Å². The number of benzene rings is 2. The van der Waals surface area contributed by atoms with E-state index in [9.17, 15) is 22.8 Å². The SMILES string of the molecule is O=C(Cn1cnc(-c2ccc(C(F)(F)F)cc2)cc1=O)NCc1ccccc1. The van der Waals surface area contributed by atoms with Gasteiger partial charge in [0.05, 0.1) is 17.6 Å². The maximum Gasteiger partial charge on any atom is 0.416 e. The van der Waals surface area contributed by atoms with E-state index in [2.05, 4.69) is 10.3 Å². The summed E-state index contributed by atoms with van der Waals surface area (Å²) >= 11 is 0. The van der Waals surface area contributed by atoms with Gasteiger partial charge in [-0.1, -0.05) is 42.5 Å². The zero-order chi connectivity index (χ0) is 20.1. The Kier molecular flexibility index (Phi) is 5.58. The van der Waals surface area contributed by atoms with Crippen LogP contribution in [-0.2, 0) is 24.1 Å². The van der Waals surface area contributed by atoms with Gasteiger partial charge in [0, 0.05) is 18.2 Å². The molecule has 0 unspecified atom stereocenters. The van der Waals surface area contributed by atoms with Crippen molar-refractivity contribution in [1.82, 2.24) is 14.9 Å². The number of carbonyl (C=O) groups excluding carboxylic acids is 1. The Balaban J connectivity index is 1.67. The highest BCUT2D eigenvalue weighted by Gasteiger charge is 2.30. The number of nitrogens with zero attached hydrogens (tertiary/aromatic N) is 2. The van der Waals surface area contributed by atoms with Crippen molar-refractivity contribution in [3.8, 4) is 11.3 Å². The Labute approximate surface area is 158 Å². The lowest BCUT2D eigenvalue weighted by Crippen LogP contribution is -2.31. The van der Waals surface area contributed by atoms with E-state index in [1.54, 1.807) is 0 Å². The fraction of sp³-hybridized carbons (Fsp3) is 0.150. The molecule has 0 bridgehead atoms. The molecule has 2 aromatic carbocycles. The second-order valence-electron chi connectivity index (χ2n) is 6.08. The minimum Gasteiger partial charge on any atom is -0.350 e. The van der Waals surface area contributed by atoms with E-state index >= 15 is 0 Å². The number of hydrogen-bond donors (Lipinski definition) is 1. The molecule has 1 heterocycles. The van der Waals surface area contributed by atoms with Gasteiger partial charge in [0.2, 0.25) is 5.91 Å². The molecule has 8 heteroatoms. The van der Waals surface area contributed by atoms with Gasteiger partial charge >= 0.3 is 6.18 Å². The highest BCUT2D eigenvalue weighted by Crippen LogP contribution is 2.30. The van der Waals surface area contributed by atoms with E-state index in [4.69, 9.17) is 0 Å². The predicted molar refractivity (Wildman–Crippen MR) is 97.2 cm³/mol. The number of hydrogen-bond acceptors (Lipinski definition) is 3. The highest BCUT2D eigenvalue weighted by atomic mass is 19.4. The van der Waals surface area contributed by atoms with Gasteiger partial charge in [0.1, 0.15) is 6.54 Å². The Bertz CT molecular complexity index is 1010. The Hall–Kier alpha value is -3.42. The van der Waals surface area contributed by atoms with E-state index in [1.165, 1.54) is 24.5 Å². The number of alkyl halides is 3. The van der Waals surface area contributed by atoms with E-state index in [1.807, 2.05) is 30.3 Å². The number of amides is 1. The molecule has 1 aromatic heterocycles. The Morgan fingerprint density at radius 2 is 1.71 bits per heavy atom. The second-order valence-corrected chi connectivity index (χ2v) is 6.08. The molecule has 0 aliphatic rings. The van der Waals surface area contributed by atoms with Gasteiger partial charge in [0.15, 0.2) is 0 Å². The molecule has 28 heavy (non-hydrogen) atoms. The Morgan fingerprint density at radius 1 is 1.04 bits per heavy atom. The minimum absolute atomic E-state index is 0.202. The lowest BCUT2D eigenvalue weighted by molar-refractivity contribution is -0.137. The third-order valence-corrected chi connectivity index (χ3v) is 4.03. The standard InChI is InChI=1S/C20H16F3N3O2/c21-20(22,23)16-8-6-15(7-9-16)17-10-19(28)26(13-25-17)12-18(27)24-11-14-4-2-1-3-5-14/h1-10,13H,11-12H2,(H,24,27). The summed E-state index contributed by atoms with van der Waals surface area (Å²) in [4.78, 5) is 28.3. The molecule has 0 aliphatic carbocycles. The number of carbonyl (C=O) groups is 1. The topological polar surface area (TPSA) is 64.0 Å². The van der Waals surface area contributed by atoms with Gasteiger partial charge in [-0.15, -0.1) is 0 Å². The summed E-state index contributed by atoms with van der Waals surface area (Å²) in [5.74, 6) is -0.352. The van der Waals surface area contributed by atoms with Gasteiger partial charge in [-0.05, 0) is 17.7 Å². The molecule has 0 radical (unpaired) electrons. The summed E-state index contributed by atoms with van der Waals surface area (Å²) in [7, 11) is 0. The van der Waals surface area contributed by atoms with Crippen molar-refractivity contribution >= 4 is 5.91 Å². The molecule has 0 fully saturated rings. The first kappa shape index (κ1) is 19.3. The molecule has 0 saturated heterocycles. The summed E-state index contributed by atoms with van der Waals surface area (Å²) in [6.07, 6.45) is -3.22. The van der Waals surface area contributed by atoms with Crippen molar-refractivity contribution in [2.75, 3.05) is 0 Å². The van der Waals surface area contributed by atoms with Gasteiger partial charge in [0.25, 0.3) is 5.56 Å². The molecule has 0 aliphatic heterocycles. The maximum atomic E-state index is 12.6. The first-order valence-corrected chi connectivity index (χ1v) is 8.38. The summed E-state index contributed by atoms with van der Waals surface area (Å²) in [6.45, 7) is 0.136. The van der Waals surface area contributed by atoms with E-state index in [0.29, 0.717) is 12.1 Å². The van der Waals surface area contributed by atoms with Crippen molar-refractivity contribution in [3.63, 3.8) is 0 Å². The van der Waals surface area contributed by atoms with E-state index in [-0.39, 0.29) is 18.1 Å². The highest BCUT2D eigenvalue weighted by molar-refractivity contribution is 5.75. The van der Waals surface area contributed by atoms with Crippen LogP contribution in [0, 0.1) is 0 Å². The Morgan fingerprint density at radius 3 is 2.32 bits per heavy atom. The van der Waals surface area contributed by atoms with Crippen molar-refractivity contribution in [2.24, 2.45) is 0 Å². The molecule has 5 nitrogen and oxygen atoms in total. The summed E-state index contributed by atoms with van der Waals surface area (Å²) < 4.78 is 39.0. The normalized spacial score (nSPS) is 11.2. The maximum absolute atomic E-state index is 12.6. The number of aromatic nitrogens is 2. The summed E-state index contributed by atoms with van der Waals surface area (Å²) in [5.41, 5.74) is 0.295. The van der Waals surface area contributed by atoms with Crippen LogP contribution in [0.15, 0.2) is 71.8 Å². The molecule has 3 aromatic rings. The van der Waals surface area contributed by atoms with Crippen LogP contribution in [0.3, 0.4) is 0 Å². The summed E-state index contributed by atoms with van der Waals surface area (Å²) in [6, 6.07) is 14.9. The van der Waals surface area contributed by atoms with E-state index < -0.39 is 17.3 Å². The van der Waals surface area contributed by atoms with Gasteiger partial charge < -0.3 is 5.32 Å². The second kappa shape index (κ2) is 8.08. The van der Waals surface area contributed by atoms with Gasteiger partial charge in [-0.25, -0.2) is 4.98 Å². The first-order valence-electron chi connectivity index (χ1n) is 8.38. The molecule has 3 rings (SSSR count). The smallest absolute Gasteiger partial charge is 0.350 e. The number of nitrogens with one attached hydrogen (secondary N) is 1. The lowest BCUT2D eigenvalue weighted by atomic mass is 10.1. The molecule has 0 spiro atoms. The van der Waals surface area contributed by atoms with Crippen LogP contribution in [0.1, 0.15) is 11.1 Å². The van der Waals surface area contributed by atoms with Crippen LogP contribution in [0.2, 0.25) is 0 Å². The summed E-state index contributed by atoms with van der Waals surface area (Å²) in [5, 5.41) is 2.71.